The molecule has 0 saturated heterocycles. The van der Waals surface area contributed by atoms with Crippen LogP contribution in [-0.4, -0.2) is 9.55 Å². The molecule has 0 atom stereocenters. The molecule has 0 saturated carbocycles. The first-order valence-corrected chi connectivity index (χ1v) is 5.62. The fourth-order valence-corrected chi connectivity index (χ4v) is 1.62. The second-order valence-electron chi connectivity index (χ2n) is 4.06. The number of aryl methyl sites for hydroxylation is 1. The van der Waals surface area contributed by atoms with Crippen LogP contribution in [0.15, 0.2) is 30.6 Å². The van der Waals surface area contributed by atoms with Gasteiger partial charge in [0.15, 0.2) is 0 Å². The van der Waals surface area contributed by atoms with Crippen molar-refractivity contribution in [3.05, 3.63) is 47.5 Å². The highest BCUT2D eigenvalue weighted by Gasteiger charge is 2.34. The van der Waals surface area contributed by atoms with Gasteiger partial charge < -0.3 is 9.30 Å². The van der Waals surface area contributed by atoms with Crippen LogP contribution in [0.4, 0.5) is 13.2 Å². The van der Waals surface area contributed by atoms with Crippen molar-refractivity contribution in [3.63, 3.8) is 0 Å². The molecule has 0 radical (unpaired) electrons. The number of rotatable bonds is 3. The summed E-state index contributed by atoms with van der Waals surface area (Å²) in [5.74, 6) is 0.182. The molecule has 1 heterocycles. The number of nitriles is 1. The van der Waals surface area contributed by atoms with E-state index in [9.17, 15) is 13.2 Å². The van der Waals surface area contributed by atoms with E-state index in [1.54, 1.807) is 23.9 Å². The van der Waals surface area contributed by atoms with Gasteiger partial charge in [0.2, 0.25) is 0 Å². The fourth-order valence-electron chi connectivity index (χ4n) is 1.62. The number of imidazole rings is 1. The van der Waals surface area contributed by atoms with Crippen LogP contribution in [0.3, 0.4) is 0 Å². The molecule has 0 aliphatic heterocycles. The lowest BCUT2D eigenvalue weighted by Crippen LogP contribution is -2.10. The Morgan fingerprint density at radius 2 is 2.15 bits per heavy atom. The molecular formula is C13H10F3N3O. The van der Waals surface area contributed by atoms with Crippen LogP contribution in [-0.2, 0) is 19.8 Å². The monoisotopic (exact) mass is 281 g/mol. The summed E-state index contributed by atoms with van der Waals surface area (Å²) in [5.41, 5.74) is -1.03. The van der Waals surface area contributed by atoms with Crippen LogP contribution in [0.2, 0.25) is 0 Å². The predicted molar refractivity (Wildman–Crippen MR) is 63.7 cm³/mol. The lowest BCUT2D eigenvalue weighted by molar-refractivity contribution is -0.139. The van der Waals surface area contributed by atoms with E-state index in [1.807, 2.05) is 0 Å². The molecule has 1 aromatic carbocycles. The first-order chi connectivity index (χ1) is 9.41. The van der Waals surface area contributed by atoms with Crippen molar-refractivity contribution in [2.75, 3.05) is 0 Å². The Bertz CT molecular complexity index is 656. The molecule has 0 fully saturated rings. The van der Waals surface area contributed by atoms with Crippen molar-refractivity contribution in [2.45, 2.75) is 12.8 Å². The fraction of sp³-hybridized carbons (Fsp3) is 0.231. The zero-order valence-electron chi connectivity index (χ0n) is 10.5. The highest BCUT2D eigenvalue weighted by Crippen LogP contribution is 2.37. The van der Waals surface area contributed by atoms with Gasteiger partial charge in [-0.05, 0) is 18.2 Å². The summed E-state index contributed by atoms with van der Waals surface area (Å²) in [6.45, 7) is -0.0848. The standard InChI is InChI=1S/C13H10F3N3O/c1-19-5-4-18-12(19)8-20-11-3-2-9(7-17)6-10(11)13(14,15)16/h2-6H,8H2,1H3. The van der Waals surface area contributed by atoms with Gasteiger partial charge in [0.05, 0.1) is 17.2 Å². The molecule has 0 bridgehead atoms. The van der Waals surface area contributed by atoms with E-state index in [2.05, 4.69) is 4.98 Å². The summed E-state index contributed by atoms with van der Waals surface area (Å²) >= 11 is 0. The van der Waals surface area contributed by atoms with Crippen LogP contribution in [0, 0.1) is 11.3 Å². The van der Waals surface area contributed by atoms with Crippen molar-refractivity contribution in [1.29, 1.82) is 5.26 Å². The number of benzene rings is 1. The molecule has 0 aliphatic carbocycles. The Morgan fingerprint density at radius 3 is 2.70 bits per heavy atom. The molecule has 20 heavy (non-hydrogen) atoms. The Morgan fingerprint density at radius 1 is 1.40 bits per heavy atom. The van der Waals surface area contributed by atoms with Gasteiger partial charge in [0.25, 0.3) is 0 Å². The second-order valence-corrected chi connectivity index (χ2v) is 4.06. The number of alkyl halides is 3. The van der Waals surface area contributed by atoms with E-state index in [0.717, 1.165) is 12.1 Å². The van der Waals surface area contributed by atoms with E-state index >= 15 is 0 Å². The van der Waals surface area contributed by atoms with Crippen molar-refractivity contribution < 1.29 is 17.9 Å². The molecule has 0 unspecified atom stereocenters. The quantitative estimate of drug-likeness (QED) is 0.869. The smallest absolute Gasteiger partial charge is 0.420 e. The average molecular weight is 281 g/mol. The molecule has 0 amide bonds. The van der Waals surface area contributed by atoms with Gasteiger partial charge in [0, 0.05) is 19.4 Å². The minimum atomic E-state index is -4.58. The third-order valence-electron chi connectivity index (χ3n) is 2.69. The number of hydrogen-bond donors (Lipinski definition) is 0. The lowest BCUT2D eigenvalue weighted by atomic mass is 10.1. The first kappa shape index (κ1) is 13.9. The Hall–Kier alpha value is -2.49. The van der Waals surface area contributed by atoms with Gasteiger partial charge in [-0.1, -0.05) is 0 Å². The van der Waals surface area contributed by atoms with Crippen LogP contribution in [0.5, 0.6) is 5.75 Å². The molecule has 2 aromatic rings. The first-order valence-electron chi connectivity index (χ1n) is 5.62. The largest absolute Gasteiger partial charge is 0.485 e. The Labute approximate surface area is 113 Å². The molecular weight excluding hydrogens is 271 g/mol. The van der Waals surface area contributed by atoms with E-state index in [4.69, 9.17) is 10.00 Å². The van der Waals surface area contributed by atoms with Crippen molar-refractivity contribution in [1.82, 2.24) is 9.55 Å². The SMILES string of the molecule is Cn1ccnc1COc1ccc(C#N)cc1C(F)(F)F. The van der Waals surface area contributed by atoms with Crippen LogP contribution < -0.4 is 4.74 Å². The lowest BCUT2D eigenvalue weighted by Gasteiger charge is -2.14. The third-order valence-corrected chi connectivity index (χ3v) is 2.69. The number of aromatic nitrogens is 2. The summed E-state index contributed by atoms with van der Waals surface area (Å²) in [7, 11) is 1.72. The minimum Gasteiger partial charge on any atom is -0.485 e. The van der Waals surface area contributed by atoms with Crippen LogP contribution >= 0.6 is 0 Å². The molecule has 0 aliphatic rings. The van der Waals surface area contributed by atoms with Gasteiger partial charge in [-0.15, -0.1) is 0 Å². The topological polar surface area (TPSA) is 50.8 Å². The number of halogens is 3. The second kappa shape index (κ2) is 5.25. The van der Waals surface area contributed by atoms with Crippen LogP contribution in [0.25, 0.3) is 0 Å². The minimum absolute atomic E-state index is 0.0679. The van der Waals surface area contributed by atoms with Gasteiger partial charge in [0.1, 0.15) is 18.2 Å². The van der Waals surface area contributed by atoms with Gasteiger partial charge in [-0.2, -0.15) is 18.4 Å². The van der Waals surface area contributed by atoms with Gasteiger partial charge >= 0.3 is 6.18 Å². The zero-order chi connectivity index (χ0) is 14.8. The van der Waals surface area contributed by atoms with E-state index in [0.29, 0.717) is 5.82 Å². The van der Waals surface area contributed by atoms with Crippen molar-refractivity contribution >= 4 is 0 Å². The zero-order valence-corrected chi connectivity index (χ0v) is 10.5. The number of hydrogen-bond acceptors (Lipinski definition) is 3. The van der Waals surface area contributed by atoms with Crippen LogP contribution in [0.1, 0.15) is 17.0 Å². The maximum Gasteiger partial charge on any atom is 0.420 e. The summed E-state index contributed by atoms with van der Waals surface area (Å²) in [6.07, 6.45) is -1.38. The molecule has 0 N–H and O–H groups in total. The highest BCUT2D eigenvalue weighted by atomic mass is 19.4. The maximum atomic E-state index is 12.9. The van der Waals surface area contributed by atoms with Crippen molar-refractivity contribution in [3.8, 4) is 11.8 Å². The van der Waals surface area contributed by atoms with Crippen molar-refractivity contribution in [2.24, 2.45) is 7.05 Å². The normalized spacial score (nSPS) is 11.2. The molecule has 1 aromatic heterocycles. The highest BCUT2D eigenvalue weighted by molar-refractivity contribution is 5.43. The molecule has 104 valence electrons. The Kier molecular flexibility index (Phi) is 3.66. The average Bonchev–Trinajstić information content (AvgIpc) is 2.80. The van der Waals surface area contributed by atoms with Gasteiger partial charge in [-0.3, -0.25) is 0 Å². The third kappa shape index (κ3) is 2.91. The van der Waals surface area contributed by atoms with E-state index in [-0.39, 0.29) is 17.9 Å². The summed E-state index contributed by atoms with van der Waals surface area (Å²) in [6, 6.07) is 4.87. The molecule has 0 spiro atoms. The van der Waals surface area contributed by atoms with Gasteiger partial charge in [-0.25, -0.2) is 4.98 Å². The Balaban J connectivity index is 2.28. The molecule has 4 nitrogen and oxygen atoms in total. The maximum absolute atomic E-state index is 12.9. The molecule has 7 heteroatoms. The summed E-state index contributed by atoms with van der Waals surface area (Å²) in [4.78, 5) is 3.96. The summed E-state index contributed by atoms with van der Waals surface area (Å²) < 4.78 is 45.5. The predicted octanol–water partition coefficient (Wildman–Crippen LogP) is 2.89. The summed E-state index contributed by atoms with van der Waals surface area (Å²) in [5, 5.41) is 8.66. The van der Waals surface area contributed by atoms with E-state index < -0.39 is 11.7 Å². The molecule has 2 rings (SSSR count). The number of ether oxygens (including phenoxy) is 1. The number of nitrogens with zero attached hydrogens (tertiary/aromatic N) is 3. The van der Waals surface area contributed by atoms with E-state index in [1.165, 1.54) is 12.3 Å².